The molecular weight excluding hydrogens is 784 g/mol. The van der Waals surface area contributed by atoms with E-state index < -0.39 is 0 Å². The summed E-state index contributed by atoms with van der Waals surface area (Å²) in [6.07, 6.45) is 20.9. The second-order valence-electron chi connectivity index (χ2n) is 26.0. The number of rotatable bonds is 4. The predicted molar refractivity (Wildman–Crippen MR) is 274 cm³/mol. The van der Waals surface area contributed by atoms with Crippen molar-refractivity contribution in [3.05, 3.63) is 135 Å². The highest BCUT2D eigenvalue weighted by molar-refractivity contribution is 7.00. The first-order chi connectivity index (χ1) is 31.0. The van der Waals surface area contributed by atoms with Crippen LogP contribution >= 0.6 is 0 Å². The van der Waals surface area contributed by atoms with E-state index >= 15 is 0 Å². The van der Waals surface area contributed by atoms with E-state index in [-0.39, 0.29) is 34.0 Å². The number of fused-ring (bicyclic) bond motifs is 4. The molecule has 4 fully saturated rings. The molecule has 4 heterocycles. The molecule has 10 aliphatic rings. The molecule has 3 heteroatoms. The molecule has 0 radical (unpaired) electrons. The molecule has 0 aromatic heterocycles. The van der Waals surface area contributed by atoms with E-state index in [4.69, 9.17) is 0 Å². The number of benzene rings is 4. The molecule has 0 spiro atoms. The molecule has 0 saturated heterocycles. The van der Waals surface area contributed by atoms with Crippen LogP contribution in [0.4, 0.5) is 22.7 Å². The average Bonchev–Trinajstić information content (AvgIpc) is 3.92. The zero-order chi connectivity index (χ0) is 44.5. The summed E-state index contributed by atoms with van der Waals surface area (Å²) in [6.45, 7) is 25.6. The Morgan fingerprint density at radius 1 is 0.708 bits per heavy atom. The highest BCUT2D eigenvalue weighted by Gasteiger charge is 2.61. The highest BCUT2D eigenvalue weighted by Crippen LogP contribution is 2.66. The average molecular weight is 855 g/mol. The van der Waals surface area contributed by atoms with Gasteiger partial charge in [-0.05, 0) is 186 Å². The summed E-state index contributed by atoms with van der Waals surface area (Å²) in [7, 11) is 0. The normalized spacial score (nSPS) is 37.3. The molecule has 2 nitrogen and oxygen atoms in total. The molecular formula is C62H71BN2. The molecule has 4 aliphatic heterocycles. The molecule has 4 aromatic rings. The zero-order valence-electron chi connectivity index (χ0n) is 41.2. The van der Waals surface area contributed by atoms with Crippen molar-refractivity contribution in [1.82, 2.24) is 0 Å². The molecule has 6 aliphatic carbocycles. The molecule has 14 rings (SSSR count). The van der Waals surface area contributed by atoms with Gasteiger partial charge in [0.1, 0.15) is 0 Å². The maximum Gasteiger partial charge on any atom is 0.248 e. The Hall–Kier alpha value is -4.24. The first kappa shape index (κ1) is 39.9. The van der Waals surface area contributed by atoms with Crippen molar-refractivity contribution in [3.63, 3.8) is 0 Å². The van der Waals surface area contributed by atoms with Crippen LogP contribution in [0.25, 0.3) is 0 Å². The van der Waals surface area contributed by atoms with Gasteiger partial charge in [0.2, 0.25) is 6.71 Å². The Morgan fingerprint density at radius 3 is 2.26 bits per heavy atom. The number of anilines is 4. The van der Waals surface area contributed by atoms with Crippen LogP contribution in [0.1, 0.15) is 173 Å². The Kier molecular flexibility index (Phi) is 7.76. The predicted octanol–water partition coefficient (Wildman–Crippen LogP) is 13.5. The van der Waals surface area contributed by atoms with E-state index in [2.05, 4.69) is 164 Å². The van der Waals surface area contributed by atoms with Gasteiger partial charge in [0.25, 0.3) is 0 Å². The third-order valence-electron chi connectivity index (χ3n) is 20.9. The van der Waals surface area contributed by atoms with Crippen molar-refractivity contribution >= 4 is 45.9 Å². The van der Waals surface area contributed by atoms with Crippen LogP contribution in [0, 0.1) is 35.5 Å². The summed E-state index contributed by atoms with van der Waals surface area (Å²) in [5, 5.41) is 0. The SMILES string of the molecule is CC1/C=C2/C/C2=C/C(C)C(CC2c3cc(N4c5ccc(C(C)(C)C)cc5C5(C)CCCCC45C)cc4c3B3c5c2cccc5C(C)(C)c2cccc(c23)N4C2(C)C=C3CC4CC(C2)C34)C1. The van der Waals surface area contributed by atoms with E-state index in [1.54, 1.807) is 60.9 Å². The van der Waals surface area contributed by atoms with E-state index in [0.29, 0.717) is 23.7 Å². The standard InChI is InChI=1S/C62H71BN2/c1-35-23-37(36(2)25-39-26-38(39)24-35)29-46-45-15-13-16-48-55(45)63-56-47(46)31-44(64-51-20-19-43(58(3,4)5)30-50(51)61(9)21-11-12-22-62(61,64)10)32-53(56)65(52-18-14-17-49(57(52)63)59(48,6)7)60(8)33-41-27-40-28-42(34-60)54(40)41/h13-20,24-25,30-33,35-37,40,42,46,54H,11-12,21-23,26-29,34H2,1-10H3/b38-24-,39-25-. The molecule has 4 saturated carbocycles. The van der Waals surface area contributed by atoms with Gasteiger partial charge in [0, 0.05) is 39.5 Å². The Balaban J connectivity index is 1.06. The summed E-state index contributed by atoms with van der Waals surface area (Å²) in [5.41, 5.74) is 25.2. The van der Waals surface area contributed by atoms with Gasteiger partial charge in [-0.15, -0.1) is 0 Å². The van der Waals surface area contributed by atoms with E-state index in [1.165, 1.54) is 92.5 Å². The molecule has 0 amide bonds. The van der Waals surface area contributed by atoms with Crippen LogP contribution < -0.4 is 26.2 Å². The van der Waals surface area contributed by atoms with Gasteiger partial charge in [-0.2, -0.15) is 0 Å². The van der Waals surface area contributed by atoms with Crippen molar-refractivity contribution in [2.45, 2.75) is 167 Å². The number of nitrogens with zero attached hydrogens (tertiary/aromatic N) is 2. The van der Waals surface area contributed by atoms with Gasteiger partial charge in [0.15, 0.2) is 0 Å². The number of hydrogen-bond acceptors (Lipinski definition) is 2. The van der Waals surface area contributed by atoms with Gasteiger partial charge in [-0.1, -0.05) is 140 Å². The van der Waals surface area contributed by atoms with Crippen LogP contribution in [0.5, 0.6) is 0 Å². The fraction of sp³-hybridized carbons (Fsp3) is 0.516. The quantitative estimate of drug-likeness (QED) is 0.149. The summed E-state index contributed by atoms with van der Waals surface area (Å²) in [6, 6.07) is 28.3. The minimum Gasteiger partial charge on any atom is -0.334 e. The second kappa shape index (κ2) is 12.6. The smallest absolute Gasteiger partial charge is 0.248 e. The van der Waals surface area contributed by atoms with Crippen molar-refractivity contribution < 1.29 is 0 Å². The summed E-state index contributed by atoms with van der Waals surface area (Å²) >= 11 is 0. The fourth-order valence-corrected chi connectivity index (χ4v) is 17.3. The molecule has 65 heavy (non-hydrogen) atoms. The molecule has 0 bridgehead atoms. The van der Waals surface area contributed by atoms with Gasteiger partial charge in [-0.3, -0.25) is 0 Å². The van der Waals surface area contributed by atoms with E-state index in [0.717, 1.165) is 17.8 Å². The summed E-state index contributed by atoms with van der Waals surface area (Å²) in [5.74, 6) is 4.74. The number of hydrogen-bond donors (Lipinski definition) is 0. The Bertz CT molecular complexity index is 2900. The van der Waals surface area contributed by atoms with E-state index in [1.807, 2.05) is 0 Å². The molecule has 10 unspecified atom stereocenters. The first-order valence-electron chi connectivity index (χ1n) is 26.3. The summed E-state index contributed by atoms with van der Waals surface area (Å²) in [4.78, 5) is 5.92. The lowest BCUT2D eigenvalue weighted by molar-refractivity contribution is 0.00878. The molecule has 332 valence electrons. The van der Waals surface area contributed by atoms with Gasteiger partial charge in [0.05, 0.1) is 11.1 Å². The largest absolute Gasteiger partial charge is 0.334 e. The lowest BCUT2D eigenvalue weighted by Crippen LogP contribution is -2.70. The topological polar surface area (TPSA) is 6.48 Å². The highest BCUT2D eigenvalue weighted by atomic mass is 15.3. The van der Waals surface area contributed by atoms with Crippen LogP contribution in [-0.2, 0) is 16.2 Å². The third-order valence-corrected chi connectivity index (χ3v) is 20.9. The van der Waals surface area contributed by atoms with Gasteiger partial charge in [-0.25, -0.2) is 0 Å². The van der Waals surface area contributed by atoms with Crippen molar-refractivity contribution in [2.75, 3.05) is 9.80 Å². The van der Waals surface area contributed by atoms with Crippen molar-refractivity contribution in [1.29, 1.82) is 0 Å². The zero-order valence-corrected chi connectivity index (χ0v) is 41.2. The van der Waals surface area contributed by atoms with Crippen molar-refractivity contribution in [2.24, 2.45) is 35.5 Å². The minimum absolute atomic E-state index is 0.0273. The molecule has 10 atom stereocenters. The van der Waals surface area contributed by atoms with Gasteiger partial charge < -0.3 is 9.80 Å². The van der Waals surface area contributed by atoms with Crippen molar-refractivity contribution in [3.8, 4) is 0 Å². The monoisotopic (exact) mass is 855 g/mol. The van der Waals surface area contributed by atoms with Gasteiger partial charge >= 0.3 is 0 Å². The Labute approximate surface area is 391 Å². The summed E-state index contributed by atoms with van der Waals surface area (Å²) < 4.78 is 0. The lowest BCUT2D eigenvalue weighted by atomic mass is 9.26. The van der Waals surface area contributed by atoms with Crippen LogP contribution in [0.2, 0.25) is 0 Å². The second-order valence-corrected chi connectivity index (χ2v) is 26.0. The maximum absolute atomic E-state index is 2.98. The maximum atomic E-state index is 2.98. The molecule has 4 aromatic carbocycles. The fourth-order valence-electron chi connectivity index (χ4n) is 17.3. The Morgan fingerprint density at radius 2 is 1.48 bits per heavy atom. The van der Waals surface area contributed by atoms with Crippen LogP contribution in [0.15, 0.2) is 102 Å². The lowest BCUT2D eigenvalue weighted by Gasteiger charge is -2.63. The van der Waals surface area contributed by atoms with E-state index in [9.17, 15) is 0 Å². The first-order valence-corrected chi connectivity index (χ1v) is 26.3. The third kappa shape index (κ3) is 5.05. The number of allylic oxidation sites excluding steroid dienone is 5. The minimum atomic E-state index is -0.0942. The molecule has 0 N–H and O–H groups in total. The van der Waals surface area contributed by atoms with Crippen LogP contribution in [-0.4, -0.2) is 17.8 Å². The van der Waals surface area contributed by atoms with Crippen LogP contribution in [0.3, 0.4) is 0 Å².